The van der Waals surface area contributed by atoms with E-state index in [2.05, 4.69) is 0 Å². The van der Waals surface area contributed by atoms with Crippen LogP contribution in [0.25, 0.3) is 0 Å². The van der Waals surface area contributed by atoms with Crippen LogP contribution in [0.2, 0.25) is 5.22 Å². The summed E-state index contributed by atoms with van der Waals surface area (Å²) >= 11 is 5.72. The Morgan fingerprint density at radius 1 is 1.58 bits per heavy atom. The van der Waals surface area contributed by atoms with Crippen LogP contribution in [-0.2, 0) is 0 Å². The van der Waals surface area contributed by atoms with Gasteiger partial charge in [0, 0.05) is 17.7 Å². The number of aliphatic hydroxyl groups is 1. The highest BCUT2D eigenvalue weighted by Gasteiger charge is 2.18. The average Bonchev–Trinajstić information content (AvgIpc) is 2.26. The van der Waals surface area contributed by atoms with Gasteiger partial charge in [-0.2, -0.15) is 0 Å². The molecule has 0 saturated heterocycles. The number of hydrogen-bond donors (Lipinski definition) is 2. The third-order valence-electron chi connectivity index (χ3n) is 1.88. The lowest BCUT2D eigenvalue weighted by Gasteiger charge is -2.06. The van der Waals surface area contributed by atoms with Crippen molar-refractivity contribution in [2.75, 3.05) is 6.54 Å². The van der Waals surface area contributed by atoms with Crippen LogP contribution in [0, 0.1) is 13.8 Å². The largest absolute Gasteiger partial charge is 0.449 e. The van der Waals surface area contributed by atoms with Crippen LogP contribution in [0.4, 0.5) is 0 Å². The third-order valence-corrected chi connectivity index (χ3v) is 2.24. The second-order valence-electron chi connectivity index (χ2n) is 2.72. The molecule has 0 aliphatic rings. The van der Waals surface area contributed by atoms with E-state index in [1.807, 2.05) is 0 Å². The number of rotatable bonds is 2. The van der Waals surface area contributed by atoms with Crippen molar-refractivity contribution in [3.63, 3.8) is 0 Å². The minimum Gasteiger partial charge on any atom is -0.449 e. The topological polar surface area (TPSA) is 59.4 Å². The second-order valence-corrected chi connectivity index (χ2v) is 3.07. The van der Waals surface area contributed by atoms with Gasteiger partial charge in [0.25, 0.3) is 0 Å². The maximum absolute atomic E-state index is 9.46. The molecular formula is C8H12ClNO2. The smallest absolute Gasteiger partial charge is 0.196 e. The van der Waals surface area contributed by atoms with Crippen LogP contribution >= 0.6 is 11.6 Å². The van der Waals surface area contributed by atoms with Gasteiger partial charge in [-0.05, 0) is 25.4 Å². The van der Waals surface area contributed by atoms with Crippen LogP contribution in [-0.4, -0.2) is 11.7 Å². The molecule has 0 aliphatic carbocycles. The van der Waals surface area contributed by atoms with Gasteiger partial charge in [-0.15, -0.1) is 0 Å². The van der Waals surface area contributed by atoms with Gasteiger partial charge in [0.05, 0.1) is 6.10 Å². The summed E-state index contributed by atoms with van der Waals surface area (Å²) in [5.74, 6) is 0.635. The Morgan fingerprint density at radius 2 is 2.17 bits per heavy atom. The van der Waals surface area contributed by atoms with Crippen molar-refractivity contribution in [1.29, 1.82) is 0 Å². The minimum absolute atomic E-state index is 0.178. The third kappa shape index (κ3) is 1.48. The lowest BCUT2D eigenvalue weighted by Crippen LogP contribution is -2.12. The number of halogens is 1. The molecule has 4 heteroatoms. The number of hydrogen-bond acceptors (Lipinski definition) is 3. The van der Waals surface area contributed by atoms with Gasteiger partial charge in [0.1, 0.15) is 5.76 Å². The Morgan fingerprint density at radius 3 is 2.50 bits per heavy atom. The van der Waals surface area contributed by atoms with Crippen molar-refractivity contribution in [1.82, 2.24) is 0 Å². The molecule has 0 aromatic carbocycles. The van der Waals surface area contributed by atoms with E-state index in [9.17, 15) is 5.11 Å². The molecule has 0 bridgehead atoms. The molecule has 0 aliphatic heterocycles. The van der Waals surface area contributed by atoms with Crippen LogP contribution in [0.1, 0.15) is 23.0 Å². The lowest BCUT2D eigenvalue weighted by molar-refractivity contribution is 0.184. The van der Waals surface area contributed by atoms with E-state index >= 15 is 0 Å². The molecule has 3 N–H and O–H groups in total. The Balaban J connectivity index is 3.13. The highest BCUT2D eigenvalue weighted by molar-refractivity contribution is 6.29. The molecule has 1 heterocycles. The molecule has 1 unspecified atom stereocenters. The zero-order valence-electron chi connectivity index (χ0n) is 7.10. The van der Waals surface area contributed by atoms with Crippen molar-refractivity contribution in [2.45, 2.75) is 20.0 Å². The predicted molar refractivity (Wildman–Crippen MR) is 47.2 cm³/mol. The first-order valence-corrected chi connectivity index (χ1v) is 4.09. The Bertz CT molecular complexity index is 283. The van der Waals surface area contributed by atoms with Gasteiger partial charge in [0.2, 0.25) is 0 Å². The number of nitrogens with two attached hydrogens (primary N) is 1. The Labute approximate surface area is 76.1 Å². The Hall–Kier alpha value is -0.510. The first-order valence-electron chi connectivity index (χ1n) is 3.71. The summed E-state index contributed by atoms with van der Waals surface area (Å²) in [4.78, 5) is 0. The molecule has 1 atom stereocenters. The zero-order valence-corrected chi connectivity index (χ0v) is 7.85. The summed E-state index contributed by atoms with van der Waals surface area (Å²) in [7, 11) is 0. The van der Waals surface area contributed by atoms with Crippen LogP contribution in [0.3, 0.4) is 0 Å². The quantitative estimate of drug-likeness (QED) is 0.742. The van der Waals surface area contributed by atoms with E-state index < -0.39 is 6.10 Å². The summed E-state index contributed by atoms with van der Waals surface area (Å²) < 4.78 is 5.12. The number of aliphatic hydroxyl groups excluding tert-OH is 1. The van der Waals surface area contributed by atoms with Crippen molar-refractivity contribution in [2.24, 2.45) is 5.73 Å². The van der Waals surface area contributed by atoms with Gasteiger partial charge in [-0.25, -0.2) is 0 Å². The van der Waals surface area contributed by atoms with Crippen molar-refractivity contribution in [3.05, 3.63) is 22.1 Å². The van der Waals surface area contributed by atoms with Gasteiger partial charge >= 0.3 is 0 Å². The molecule has 0 radical (unpaired) electrons. The molecule has 12 heavy (non-hydrogen) atoms. The summed E-state index contributed by atoms with van der Waals surface area (Å²) in [5.41, 5.74) is 6.80. The highest BCUT2D eigenvalue weighted by Crippen LogP contribution is 2.29. The van der Waals surface area contributed by atoms with E-state index in [-0.39, 0.29) is 6.54 Å². The summed E-state index contributed by atoms with van der Waals surface area (Å²) in [6.45, 7) is 3.73. The fraction of sp³-hybridized carbons (Fsp3) is 0.500. The summed E-state index contributed by atoms with van der Waals surface area (Å²) in [6.07, 6.45) is -0.679. The molecular weight excluding hydrogens is 178 g/mol. The summed E-state index contributed by atoms with van der Waals surface area (Å²) in [5, 5.41) is 9.79. The number of furan rings is 1. The van der Waals surface area contributed by atoms with Crippen LogP contribution < -0.4 is 5.73 Å². The first kappa shape index (κ1) is 9.58. The van der Waals surface area contributed by atoms with Gasteiger partial charge in [-0.3, -0.25) is 0 Å². The van der Waals surface area contributed by atoms with Gasteiger partial charge in [-0.1, -0.05) is 0 Å². The maximum atomic E-state index is 9.46. The van der Waals surface area contributed by atoms with Crippen LogP contribution in [0.5, 0.6) is 0 Å². The van der Waals surface area contributed by atoms with Crippen molar-refractivity contribution in [3.8, 4) is 0 Å². The lowest BCUT2D eigenvalue weighted by atomic mass is 10.1. The zero-order chi connectivity index (χ0) is 9.30. The predicted octanol–water partition coefficient (Wildman–Crippen LogP) is 1.54. The first-order chi connectivity index (χ1) is 5.57. The van der Waals surface area contributed by atoms with E-state index in [0.717, 1.165) is 5.56 Å². The fourth-order valence-electron chi connectivity index (χ4n) is 1.24. The molecule has 0 spiro atoms. The fourth-order valence-corrected chi connectivity index (χ4v) is 1.46. The van der Waals surface area contributed by atoms with E-state index in [0.29, 0.717) is 16.5 Å². The van der Waals surface area contributed by atoms with E-state index in [1.54, 1.807) is 13.8 Å². The molecule has 0 saturated carbocycles. The second kappa shape index (κ2) is 3.47. The normalized spacial score (nSPS) is 13.4. The molecule has 3 nitrogen and oxygen atoms in total. The molecule has 0 amide bonds. The van der Waals surface area contributed by atoms with Gasteiger partial charge in [0.15, 0.2) is 5.22 Å². The molecule has 0 fully saturated rings. The van der Waals surface area contributed by atoms with E-state index in [4.69, 9.17) is 21.8 Å². The molecule has 68 valence electrons. The summed E-state index contributed by atoms with van der Waals surface area (Å²) in [6, 6.07) is 0. The standard InChI is InChI=1S/C8H12ClNO2/c1-4-7(6(11)3-10)5(2)12-8(4)9/h6,11H,3,10H2,1-2H3. The van der Waals surface area contributed by atoms with E-state index in [1.165, 1.54) is 0 Å². The van der Waals surface area contributed by atoms with Crippen molar-refractivity contribution >= 4 is 11.6 Å². The molecule has 1 rings (SSSR count). The SMILES string of the molecule is Cc1oc(Cl)c(C)c1C(O)CN. The molecule has 1 aromatic rings. The maximum Gasteiger partial charge on any atom is 0.196 e. The Kier molecular flexibility index (Phi) is 2.77. The highest BCUT2D eigenvalue weighted by atomic mass is 35.5. The minimum atomic E-state index is -0.679. The number of aryl methyl sites for hydroxylation is 1. The monoisotopic (exact) mass is 189 g/mol. The van der Waals surface area contributed by atoms with Crippen molar-refractivity contribution < 1.29 is 9.52 Å². The average molecular weight is 190 g/mol. The van der Waals surface area contributed by atoms with Gasteiger partial charge < -0.3 is 15.3 Å². The van der Waals surface area contributed by atoms with Crippen LogP contribution in [0.15, 0.2) is 4.42 Å². The molecule has 1 aromatic heterocycles.